The zero-order chi connectivity index (χ0) is 16.0. The largest absolute Gasteiger partial charge is 0.462 e. The van der Waals surface area contributed by atoms with Crippen molar-refractivity contribution in [3.05, 3.63) is 0 Å². The van der Waals surface area contributed by atoms with Gasteiger partial charge in [-0.15, -0.1) is 0 Å². The summed E-state index contributed by atoms with van der Waals surface area (Å²) in [6.45, 7) is 12.2. The Morgan fingerprint density at radius 2 is 1.76 bits per heavy atom. The Hall–Kier alpha value is -1.30. The molecule has 1 heterocycles. The van der Waals surface area contributed by atoms with Gasteiger partial charge in [-0.1, -0.05) is 0 Å². The predicted molar refractivity (Wildman–Crippen MR) is 80.1 cm³/mol. The first kappa shape index (κ1) is 17.8. The highest BCUT2D eigenvalue weighted by molar-refractivity contribution is 5.72. The second-order valence-corrected chi connectivity index (χ2v) is 6.64. The van der Waals surface area contributed by atoms with Crippen LogP contribution in [0.15, 0.2) is 0 Å². The van der Waals surface area contributed by atoms with Crippen LogP contribution in [0.5, 0.6) is 0 Å². The number of ether oxygens (including phenoxy) is 2. The summed E-state index contributed by atoms with van der Waals surface area (Å²) in [5, 5.41) is 0. The number of rotatable bonds is 3. The molecule has 0 aromatic carbocycles. The highest BCUT2D eigenvalue weighted by Gasteiger charge is 2.25. The molecular weight excluding hydrogens is 272 g/mol. The van der Waals surface area contributed by atoms with Crippen LogP contribution in [0.25, 0.3) is 0 Å². The summed E-state index contributed by atoms with van der Waals surface area (Å²) in [6, 6.07) is 0. The molecule has 1 amide bonds. The predicted octanol–water partition coefficient (Wildman–Crippen LogP) is 1.88. The van der Waals surface area contributed by atoms with Crippen molar-refractivity contribution < 1.29 is 19.1 Å². The highest BCUT2D eigenvalue weighted by Crippen LogP contribution is 2.12. The topological polar surface area (TPSA) is 59.1 Å². The van der Waals surface area contributed by atoms with Crippen LogP contribution in [0.1, 0.15) is 41.0 Å². The quantitative estimate of drug-likeness (QED) is 0.745. The van der Waals surface area contributed by atoms with Crippen LogP contribution in [-0.4, -0.2) is 66.3 Å². The maximum Gasteiger partial charge on any atom is 0.410 e. The van der Waals surface area contributed by atoms with E-state index in [2.05, 4.69) is 0 Å². The molecule has 1 aliphatic rings. The lowest BCUT2D eigenvalue weighted by Gasteiger charge is -2.26. The van der Waals surface area contributed by atoms with E-state index in [1.807, 2.05) is 39.5 Å². The fourth-order valence-corrected chi connectivity index (χ4v) is 2.12. The van der Waals surface area contributed by atoms with Crippen molar-refractivity contribution in [3.8, 4) is 0 Å². The van der Waals surface area contributed by atoms with Gasteiger partial charge in [0, 0.05) is 26.2 Å². The zero-order valence-corrected chi connectivity index (χ0v) is 13.8. The van der Waals surface area contributed by atoms with Gasteiger partial charge in [0.25, 0.3) is 0 Å². The van der Waals surface area contributed by atoms with Crippen molar-refractivity contribution in [1.29, 1.82) is 0 Å². The third-order valence-electron chi connectivity index (χ3n) is 2.96. The Morgan fingerprint density at radius 3 is 2.33 bits per heavy atom. The fraction of sp³-hybridized carbons (Fsp3) is 0.867. The van der Waals surface area contributed by atoms with Crippen LogP contribution in [0.3, 0.4) is 0 Å². The SMILES string of the molecule is CC(C)OC(=O)CN1CCCN(C(=O)OC(C)(C)C)CC1. The van der Waals surface area contributed by atoms with Gasteiger partial charge in [0.05, 0.1) is 12.6 Å². The Kier molecular flexibility index (Phi) is 6.45. The van der Waals surface area contributed by atoms with E-state index in [4.69, 9.17) is 9.47 Å². The Bertz CT molecular complexity index is 363. The van der Waals surface area contributed by atoms with E-state index in [-0.39, 0.29) is 24.7 Å². The summed E-state index contributed by atoms with van der Waals surface area (Å²) in [4.78, 5) is 27.4. The van der Waals surface area contributed by atoms with E-state index < -0.39 is 5.60 Å². The van der Waals surface area contributed by atoms with E-state index in [9.17, 15) is 9.59 Å². The summed E-state index contributed by atoms with van der Waals surface area (Å²) >= 11 is 0. The lowest BCUT2D eigenvalue weighted by atomic mass is 10.2. The van der Waals surface area contributed by atoms with Crippen LogP contribution in [0, 0.1) is 0 Å². The first-order chi connectivity index (χ1) is 9.67. The first-order valence-corrected chi connectivity index (χ1v) is 7.57. The molecular formula is C15H28N2O4. The molecule has 0 atom stereocenters. The number of carbonyl (C=O) groups is 2. The maximum absolute atomic E-state index is 12.0. The second-order valence-electron chi connectivity index (χ2n) is 6.64. The maximum atomic E-state index is 12.0. The van der Waals surface area contributed by atoms with Crippen molar-refractivity contribution in [2.24, 2.45) is 0 Å². The second kappa shape index (κ2) is 7.64. The van der Waals surface area contributed by atoms with Crippen LogP contribution in [0.2, 0.25) is 0 Å². The minimum Gasteiger partial charge on any atom is -0.462 e. The van der Waals surface area contributed by atoms with E-state index in [0.29, 0.717) is 19.6 Å². The van der Waals surface area contributed by atoms with Crippen molar-refractivity contribution in [3.63, 3.8) is 0 Å². The molecule has 0 aromatic rings. The average Bonchev–Trinajstić information content (AvgIpc) is 2.51. The lowest BCUT2D eigenvalue weighted by Crippen LogP contribution is -2.40. The van der Waals surface area contributed by atoms with Gasteiger partial charge >= 0.3 is 12.1 Å². The van der Waals surface area contributed by atoms with Gasteiger partial charge in [-0.2, -0.15) is 0 Å². The molecule has 0 aromatic heterocycles. The number of hydrogen-bond donors (Lipinski definition) is 0. The number of nitrogens with zero attached hydrogens (tertiary/aromatic N) is 2. The van der Waals surface area contributed by atoms with Crippen LogP contribution >= 0.6 is 0 Å². The Balaban J connectivity index is 2.43. The van der Waals surface area contributed by atoms with E-state index in [1.54, 1.807) is 4.90 Å². The number of esters is 1. The molecule has 0 aliphatic carbocycles. The Labute approximate surface area is 127 Å². The smallest absolute Gasteiger partial charge is 0.410 e. The standard InChI is InChI=1S/C15H28N2O4/c1-12(2)20-13(18)11-16-7-6-8-17(10-9-16)14(19)21-15(3,4)5/h12H,6-11H2,1-5H3. The van der Waals surface area contributed by atoms with Gasteiger partial charge in [0.1, 0.15) is 5.60 Å². The zero-order valence-electron chi connectivity index (χ0n) is 13.8. The molecule has 0 bridgehead atoms. The number of carbonyl (C=O) groups excluding carboxylic acids is 2. The molecule has 0 radical (unpaired) electrons. The molecule has 0 N–H and O–H groups in total. The summed E-state index contributed by atoms with van der Waals surface area (Å²) in [6.07, 6.45) is 0.450. The minimum atomic E-state index is -0.482. The lowest BCUT2D eigenvalue weighted by molar-refractivity contribution is -0.148. The Morgan fingerprint density at radius 1 is 1.10 bits per heavy atom. The van der Waals surface area contributed by atoms with E-state index in [0.717, 1.165) is 13.0 Å². The van der Waals surface area contributed by atoms with Crippen LogP contribution in [-0.2, 0) is 14.3 Å². The third kappa shape index (κ3) is 7.32. The molecule has 21 heavy (non-hydrogen) atoms. The molecule has 122 valence electrons. The normalized spacial score (nSPS) is 17.5. The van der Waals surface area contributed by atoms with Crippen molar-refractivity contribution >= 4 is 12.1 Å². The van der Waals surface area contributed by atoms with Gasteiger partial charge in [-0.05, 0) is 41.0 Å². The summed E-state index contributed by atoms with van der Waals surface area (Å²) in [7, 11) is 0. The summed E-state index contributed by atoms with van der Waals surface area (Å²) in [5.41, 5.74) is -0.482. The van der Waals surface area contributed by atoms with Crippen molar-refractivity contribution in [2.75, 3.05) is 32.7 Å². The number of amides is 1. The fourth-order valence-electron chi connectivity index (χ4n) is 2.12. The molecule has 6 nitrogen and oxygen atoms in total. The van der Waals surface area contributed by atoms with Gasteiger partial charge in [-0.3, -0.25) is 9.69 Å². The highest BCUT2D eigenvalue weighted by atomic mass is 16.6. The van der Waals surface area contributed by atoms with Crippen molar-refractivity contribution in [2.45, 2.75) is 52.7 Å². The molecule has 0 unspecified atom stereocenters. The molecule has 1 fully saturated rings. The van der Waals surface area contributed by atoms with Gasteiger partial charge < -0.3 is 14.4 Å². The minimum absolute atomic E-state index is 0.0947. The van der Waals surface area contributed by atoms with Crippen molar-refractivity contribution in [1.82, 2.24) is 9.80 Å². The number of hydrogen-bond acceptors (Lipinski definition) is 5. The monoisotopic (exact) mass is 300 g/mol. The van der Waals surface area contributed by atoms with E-state index in [1.165, 1.54) is 0 Å². The van der Waals surface area contributed by atoms with Crippen LogP contribution in [0.4, 0.5) is 4.79 Å². The first-order valence-electron chi connectivity index (χ1n) is 7.57. The van der Waals surface area contributed by atoms with Gasteiger partial charge in [-0.25, -0.2) is 4.79 Å². The van der Waals surface area contributed by atoms with E-state index >= 15 is 0 Å². The summed E-state index contributed by atoms with van der Waals surface area (Å²) < 4.78 is 10.5. The molecule has 1 rings (SSSR count). The van der Waals surface area contributed by atoms with Gasteiger partial charge in [0.15, 0.2) is 0 Å². The molecule has 1 saturated heterocycles. The van der Waals surface area contributed by atoms with Crippen LogP contribution < -0.4 is 0 Å². The molecule has 0 spiro atoms. The average molecular weight is 300 g/mol. The van der Waals surface area contributed by atoms with Gasteiger partial charge in [0.2, 0.25) is 0 Å². The molecule has 6 heteroatoms. The third-order valence-corrected chi connectivity index (χ3v) is 2.96. The molecule has 0 saturated carbocycles. The summed E-state index contributed by atoms with van der Waals surface area (Å²) in [5.74, 6) is -0.212. The molecule has 1 aliphatic heterocycles.